The van der Waals surface area contributed by atoms with Gasteiger partial charge in [0.25, 0.3) is 0 Å². The summed E-state index contributed by atoms with van der Waals surface area (Å²) < 4.78 is 0. The Labute approximate surface area is 82.0 Å². The Bertz CT molecular complexity index is 310. The first-order valence-corrected chi connectivity index (χ1v) is 4.24. The van der Waals surface area contributed by atoms with Gasteiger partial charge in [-0.25, -0.2) is 4.98 Å². The monoisotopic (exact) mass is 195 g/mol. The fourth-order valence-corrected chi connectivity index (χ4v) is 1.08. The number of hydrogen-bond acceptors (Lipinski definition) is 4. The predicted molar refractivity (Wildman–Crippen MR) is 53.0 cm³/mol. The smallest absolute Gasteiger partial charge is 0.305 e. The zero-order valence-corrected chi connectivity index (χ0v) is 7.90. The average Bonchev–Trinajstić information content (AvgIpc) is 2.17. The fourth-order valence-electron chi connectivity index (χ4n) is 1.08. The van der Waals surface area contributed by atoms with Crippen molar-refractivity contribution in [3.63, 3.8) is 0 Å². The Hall–Kier alpha value is -1.62. The normalized spacial score (nSPS) is 12.1. The van der Waals surface area contributed by atoms with E-state index < -0.39 is 12.0 Å². The number of anilines is 1. The molecule has 0 bridgehead atoms. The van der Waals surface area contributed by atoms with E-state index in [0.717, 1.165) is 11.4 Å². The molecule has 1 heterocycles. The van der Waals surface area contributed by atoms with Gasteiger partial charge in [-0.1, -0.05) is 6.07 Å². The number of aliphatic carboxylic acids is 1. The molecule has 0 saturated heterocycles. The van der Waals surface area contributed by atoms with Crippen molar-refractivity contribution in [2.24, 2.45) is 5.73 Å². The summed E-state index contributed by atoms with van der Waals surface area (Å²) in [5.41, 5.74) is 6.37. The number of carbonyl (C=O) groups is 1. The number of aromatic nitrogens is 1. The highest BCUT2D eigenvalue weighted by atomic mass is 16.4. The van der Waals surface area contributed by atoms with Gasteiger partial charge in [0.1, 0.15) is 5.82 Å². The number of hydrogen-bond donors (Lipinski definition) is 3. The number of nitrogens with two attached hydrogens (primary N) is 1. The van der Waals surface area contributed by atoms with Crippen molar-refractivity contribution in [3.8, 4) is 0 Å². The molecule has 0 aliphatic rings. The summed E-state index contributed by atoms with van der Waals surface area (Å²) in [5.74, 6) is -0.175. The molecule has 14 heavy (non-hydrogen) atoms. The van der Waals surface area contributed by atoms with Crippen LogP contribution in [0.3, 0.4) is 0 Å². The lowest BCUT2D eigenvalue weighted by atomic mass is 10.1. The van der Waals surface area contributed by atoms with E-state index in [0.29, 0.717) is 0 Å². The van der Waals surface area contributed by atoms with Gasteiger partial charge in [-0.15, -0.1) is 0 Å². The number of nitrogens with zero attached hydrogens (tertiary/aromatic N) is 1. The van der Waals surface area contributed by atoms with E-state index in [9.17, 15) is 4.79 Å². The molecule has 0 aliphatic carbocycles. The van der Waals surface area contributed by atoms with Crippen LogP contribution in [0.25, 0.3) is 0 Å². The maximum absolute atomic E-state index is 10.4. The van der Waals surface area contributed by atoms with Gasteiger partial charge in [0.05, 0.1) is 6.42 Å². The largest absolute Gasteiger partial charge is 0.481 e. The minimum absolute atomic E-state index is 0.0828. The molecule has 0 spiro atoms. The first-order valence-electron chi connectivity index (χ1n) is 4.24. The Morgan fingerprint density at radius 1 is 1.71 bits per heavy atom. The Kier molecular flexibility index (Phi) is 3.41. The van der Waals surface area contributed by atoms with Gasteiger partial charge in [-0.2, -0.15) is 0 Å². The van der Waals surface area contributed by atoms with Crippen LogP contribution in [0.15, 0.2) is 18.3 Å². The highest BCUT2D eigenvalue weighted by molar-refractivity contribution is 5.67. The maximum atomic E-state index is 10.4. The molecule has 4 N–H and O–H groups in total. The van der Waals surface area contributed by atoms with Crippen LogP contribution in [-0.4, -0.2) is 23.1 Å². The zero-order valence-electron chi connectivity index (χ0n) is 7.90. The summed E-state index contributed by atoms with van der Waals surface area (Å²) in [6.07, 6.45) is 1.50. The van der Waals surface area contributed by atoms with E-state index in [-0.39, 0.29) is 6.42 Å². The fraction of sp³-hybridized carbons (Fsp3) is 0.333. The summed E-state index contributed by atoms with van der Waals surface area (Å²) >= 11 is 0. The van der Waals surface area contributed by atoms with Crippen molar-refractivity contribution in [2.75, 3.05) is 12.4 Å². The van der Waals surface area contributed by atoms with Crippen molar-refractivity contribution in [2.45, 2.75) is 12.5 Å². The predicted octanol–water partition coefficient (Wildman–Crippen LogP) is 0.598. The SMILES string of the molecule is CNc1ccc([C@@H](N)CC(=O)O)cn1. The van der Waals surface area contributed by atoms with Crippen LogP contribution in [0.4, 0.5) is 5.82 Å². The van der Waals surface area contributed by atoms with E-state index in [2.05, 4.69) is 10.3 Å². The van der Waals surface area contributed by atoms with Crippen LogP contribution in [-0.2, 0) is 4.79 Å². The standard InChI is InChI=1S/C9H13N3O2/c1-11-8-3-2-6(5-12-8)7(10)4-9(13)14/h2-3,5,7H,4,10H2,1H3,(H,11,12)(H,13,14)/t7-/m0/s1. The van der Waals surface area contributed by atoms with Crippen LogP contribution in [0.5, 0.6) is 0 Å². The molecule has 0 amide bonds. The van der Waals surface area contributed by atoms with Crippen molar-refractivity contribution in [3.05, 3.63) is 23.9 Å². The molecule has 5 nitrogen and oxygen atoms in total. The molecular formula is C9H13N3O2. The van der Waals surface area contributed by atoms with Gasteiger partial charge in [-0.3, -0.25) is 4.79 Å². The topological polar surface area (TPSA) is 88.2 Å². The second-order valence-corrected chi connectivity index (χ2v) is 2.93. The highest BCUT2D eigenvalue weighted by Crippen LogP contribution is 2.14. The van der Waals surface area contributed by atoms with E-state index in [1.807, 2.05) is 0 Å². The van der Waals surface area contributed by atoms with Gasteiger partial charge >= 0.3 is 5.97 Å². The molecule has 1 aromatic heterocycles. The van der Waals surface area contributed by atoms with E-state index in [1.54, 1.807) is 25.4 Å². The second-order valence-electron chi connectivity index (χ2n) is 2.93. The third kappa shape index (κ3) is 2.70. The Morgan fingerprint density at radius 2 is 2.43 bits per heavy atom. The zero-order chi connectivity index (χ0) is 10.6. The van der Waals surface area contributed by atoms with E-state index in [4.69, 9.17) is 10.8 Å². The lowest BCUT2D eigenvalue weighted by Crippen LogP contribution is -2.15. The van der Waals surface area contributed by atoms with Crippen LogP contribution in [0, 0.1) is 0 Å². The lowest BCUT2D eigenvalue weighted by Gasteiger charge is -2.08. The van der Waals surface area contributed by atoms with Crippen molar-refractivity contribution >= 4 is 11.8 Å². The van der Waals surface area contributed by atoms with Gasteiger partial charge in [0, 0.05) is 19.3 Å². The number of rotatable bonds is 4. The third-order valence-corrected chi connectivity index (χ3v) is 1.87. The van der Waals surface area contributed by atoms with Crippen molar-refractivity contribution < 1.29 is 9.90 Å². The number of carboxylic acids is 1. The summed E-state index contributed by atoms with van der Waals surface area (Å²) in [6, 6.07) is 3.04. The molecule has 5 heteroatoms. The summed E-state index contributed by atoms with van der Waals surface area (Å²) in [4.78, 5) is 14.4. The minimum Gasteiger partial charge on any atom is -0.481 e. The van der Waals surface area contributed by atoms with Crippen LogP contribution in [0.1, 0.15) is 18.0 Å². The van der Waals surface area contributed by atoms with Crippen molar-refractivity contribution in [1.82, 2.24) is 4.98 Å². The molecule has 1 atom stereocenters. The van der Waals surface area contributed by atoms with E-state index in [1.165, 1.54) is 0 Å². The molecule has 76 valence electrons. The molecule has 0 fully saturated rings. The summed E-state index contributed by atoms with van der Waals surface area (Å²) in [6.45, 7) is 0. The Balaban J connectivity index is 2.71. The summed E-state index contributed by atoms with van der Waals surface area (Å²) in [7, 11) is 1.76. The molecule has 1 rings (SSSR count). The first kappa shape index (κ1) is 10.5. The second kappa shape index (κ2) is 4.57. The van der Waals surface area contributed by atoms with Gasteiger partial charge in [-0.05, 0) is 11.6 Å². The van der Waals surface area contributed by atoms with Gasteiger partial charge in [0.2, 0.25) is 0 Å². The molecule has 0 aliphatic heterocycles. The van der Waals surface area contributed by atoms with Gasteiger partial charge in [0.15, 0.2) is 0 Å². The molecular weight excluding hydrogens is 182 g/mol. The molecule has 0 unspecified atom stereocenters. The molecule has 0 radical (unpaired) electrons. The van der Waals surface area contributed by atoms with Crippen LogP contribution < -0.4 is 11.1 Å². The summed E-state index contributed by atoms with van der Waals surface area (Å²) in [5, 5.41) is 11.4. The third-order valence-electron chi connectivity index (χ3n) is 1.87. The average molecular weight is 195 g/mol. The van der Waals surface area contributed by atoms with Gasteiger partial charge < -0.3 is 16.2 Å². The lowest BCUT2D eigenvalue weighted by molar-refractivity contribution is -0.137. The number of nitrogens with one attached hydrogen (secondary N) is 1. The van der Waals surface area contributed by atoms with E-state index >= 15 is 0 Å². The first-order chi connectivity index (χ1) is 6.63. The number of pyridine rings is 1. The van der Waals surface area contributed by atoms with Crippen molar-refractivity contribution in [1.29, 1.82) is 0 Å². The Morgan fingerprint density at radius 3 is 2.86 bits per heavy atom. The number of carboxylic acid groups (broad SMARTS) is 1. The molecule has 1 aromatic rings. The quantitative estimate of drug-likeness (QED) is 0.654. The molecule has 0 saturated carbocycles. The molecule has 0 aromatic carbocycles. The minimum atomic E-state index is -0.907. The van der Waals surface area contributed by atoms with Crippen LogP contribution >= 0.6 is 0 Å². The van der Waals surface area contributed by atoms with Crippen LogP contribution in [0.2, 0.25) is 0 Å². The highest BCUT2D eigenvalue weighted by Gasteiger charge is 2.10. The maximum Gasteiger partial charge on any atom is 0.305 e.